The molecule has 0 saturated heterocycles. The molecular weight excluding hydrogens is 434 g/mol. The summed E-state index contributed by atoms with van der Waals surface area (Å²) in [5.74, 6) is 1.27. The summed E-state index contributed by atoms with van der Waals surface area (Å²) in [6.07, 6.45) is 16.3. The molecular formula is C31H43NO3. The highest BCUT2D eigenvalue weighted by Crippen LogP contribution is 2.22. The van der Waals surface area contributed by atoms with Crippen molar-refractivity contribution in [2.75, 3.05) is 12.3 Å². The Labute approximate surface area is 212 Å². The zero-order valence-corrected chi connectivity index (χ0v) is 21.8. The topological polar surface area (TPSA) is 61.5 Å². The quantitative estimate of drug-likeness (QED) is 0.0866. The summed E-state index contributed by atoms with van der Waals surface area (Å²) < 4.78 is 11.6. The van der Waals surface area contributed by atoms with Gasteiger partial charge in [-0.2, -0.15) is 0 Å². The standard InChI is InChI=1S/C31H43NO3/c1-4-6-7-8-9-10-11-12-23-34-29-20-15-27(16-21-29)24-30(25(3)5-2)35-31(33)22-17-26-13-18-28(32)19-14-26/h13-22,24-25H,4-12,23,32H2,1-3H3/b22-17+,30-24-. The van der Waals surface area contributed by atoms with Crippen molar-refractivity contribution in [1.29, 1.82) is 0 Å². The van der Waals surface area contributed by atoms with Crippen LogP contribution in [0.15, 0.2) is 60.4 Å². The van der Waals surface area contributed by atoms with E-state index in [9.17, 15) is 4.79 Å². The maximum atomic E-state index is 12.4. The van der Waals surface area contributed by atoms with Crippen LogP contribution >= 0.6 is 0 Å². The lowest BCUT2D eigenvalue weighted by atomic mass is 10.0. The largest absolute Gasteiger partial charge is 0.494 e. The number of anilines is 1. The molecule has 2 N–H and O–H groups in total. The number of hydrogen-bond acceptors (Lipinski definition) is 4. The van der Waals surface area contributed by atoms with Gasteiger partial charge in [-0.3, -0.25) is 0 Å². The van der Waals surface area contributed by atoms with Crippen LogP contribution in [0.25, 0.3) is 12.2 Å². The maximum Gasteiger partial charge on any atom is 0.335 e. The minimum absolute atomic E-state index is 0.127. The molecule has 35 heavy (non-hydrogen) atoms. The Morgan fingerprint density at radius 1 is 0.857 bits per heavy atom. The van der Waals surface area contributed by atoms with Gasteiger partial charge in [0, 0.05) is 17.7 Å². The fourth-order valence-electron chi connectivity index (χ4n) is 3.65. The summed E-state index contributed by atoms with van der Waals surface area (Å²) in [5, 5.41) is 0. The first-order valence-corrected chi connectivity index (χ1v) is 13.2. The number of nitrogens with two attached hydrogens (primary N) is 1. The molecule has 2 aromatic rings. The Bertz CT molecular complexity index is 913. The SMILES string of the molecule is CCCCCCCCCCOc1ccc(/C=C(\OC(=O)/C=C/c2ccc(N)cc2)C(C)CC)cc1. The van der Waals surface area contributed by atoms with Crippen molar-refractivity contribution < 1.29 is 14.3 Å². The molecule has 0 aliphatic carbocycles. The summed E-state index contributed by atoms with van der Waals surface area (Å²) in [6, 6.07) is 15.3. The fourth-order valence-corrected chi connectivity index (χ4v) is 3.65. The van der Waals surface area contributed by atoms with E-state index in [0.717, 1.165) is 36.3 Å². The van der Waals surface area contributed by atoms with Crippen LogP contribution in [0.3, 0.4) is 0 Å². The summed E-state index contributed by atoms with van der Waals surface area (Å²) >= 11 is 0. The van der Waals surface area contributed by atoms with Gasteiger partial charge in [-0.25, -0.2) is 4.79 Å². The van der Waals surface area contributed by atoms with E-state index in [2.05, 4.69) is 20.8 Å². The molecule has 0 saturated carbocycles. The molecule has 0 fully saturated rings. The molecule has 190 valence electrons. The van der Waals surface area contributed by atoms with Crippen LogP contribution in [0.4, 0.5) is 5.69 Å². The summed E-state index contributed by atoms with van der Waals surface area (Å²) in [4.78, 5) is 12.4. The molecule has 4 heteroatoms. The molecule has 2 aromatic carbocycles. The normalized spacial score (nSPS) is 12.6. The molecule has 0 aliphatic rings. The van der Waals surface area contributed by atoms with E-state index in [-0.39, 0.29) is 5.92 Å². The van der Waals surface area contributed by atoms with Crippen LogP contribution in [0.1, 0.15) is 89.7 Å². The smallest absolute Gasteiger partial charge is 0.335 e. The van der Waals surface area contributed by atoms with Gasteiger partial charge in [-0.1, -0.05) is 90.0 Å². The number of hydrogen-bond donors (Lipinski definition) is 1. The third kappa shape index (κ3) is 11.8. The Balaban J connectivity index is 1.83. The lowest BCUT2D eigenvalue weighted by Crippen LogP contribution is -2.07. The van der Waals surface area contributed by atoms with Crippen molar-refractivity contribution in [2.24, 2.45) is 5.92 Å². The van der Waals surface area contributed by atoms with Crippen molar-refractivity contribution in [2.45, 2.75) is 78.6 Å². The Hall–Kier alpha value is -3.01. The molecule has 0 bridgehead atoms. The fraction of sp³-hybridized carbons (Fsp3) is 0.452. The van der Waals surface area contributed by atoms with Crippen molar-refractivity contribution in [3.8, 4) is 5.75 Å². The van der Waals surface area contributed by atoms with Crippen molar-refractivity contribution in [3.63, 3.8) is 0 Å². The first-order chi connectivity index (χ1) is 17.0. The average molecular weight is 478 g/mol. The molecule has 1 atom stereocenters. The van der Waals surface area contributed by atoms with Crippen LogP contribution in [-0.4, -0.2) is 12.6 Å². The first-order valence-electron chi connectivity index (χ1n) is 13.2. The number of esters is 1. The van der Waals surface area contributed by atoms with Crippen LogP contribution in [0.5, 0.6) is 5.75 Å². The Morgan fingerprint density at radius 3 is 2.09 bits per heavy atom. The van der Waals surface area contributed by atoms with Gasteiger partial charge >= 0.3 is 5.97 Å². The van der Waals surface area contributed by atoms with Crippen LogP contribution < -0.4 is 10.5 Å². The van der Waals surface area contributed by atoms with Crippen LogP contribution in [-0.2, 0) is 9.53 Å². The molecule has 0 spiro atoms. The van der Waals surface area contributed by atoms with Gasteiger partial charge in [-0.05, 0) is 60.4 Å². The molecule has 0 amide bonds. The highest BCUT2D eigenvalue weighted by Gasteiger charge is 2.12. The van der Waals surface area contributed by atoms with Gasteiger partial charge in [0.15, 0.2) is 0 Å². The number of allylic oxidation sites excluding steroid dienone is 1. The predicted octanol–water partition coefficient (Wildman–Crippen LogP) is 8.43. The lowest BCUT2D eigenvalue weighted by molar-refractivity contribution is -0.134. The third-order valence-corrected chi connectivity index (χ3v) is 6.12. The number of carbonyl (C=O) groups is 1. The zero-order chi connectivity index (χ0) is 25.3. The second-order valence-corrected chi connectivity index (χ2v) is 9.17. The molecule has 2 rings (SSSR count). The van der Waals surface area contributed by atoms with Crippen LogP contribution in [0, 0.1) is 5.92 Å². The molecule has 0 radical (unpaired) electrons. The molecule has 0 aliphatic heterocycles. The van der Waals surface area contributed by atoms with Gasteiger partial charge in [0.1, 0.15) is 11.5 Å². The highest BCUT2D eigenvalue weighted by molar-refractivity contribution is 5.88. The van der Waals surface area contributed by atoms with E-state index in [1.807, 2.05) is 42.5 Å². The minimum Gasteiger partial charge on any atom is -0.494 e. The lowest BCUT2D eigenvalue weighted by Gasteiger charge is -2.14. The monoisotopic (exact) mass is 477 g/mol. The summed E-state index contributed by atoms with van der Waals surface area (Å²) in [6.45, 7) is 7.14. The summed E-state index contributed by atoms with van der Waals surface area (Å²) in [7, 11) is 0. The van der Waals surface area contributed by atoms with Crippen molar-refractivity contribution >= 4 is 23.8 Å². The maximum absolute atomic E-state index is 12.4. The van der Waals surface area contributed by atoms with Crippen molar-refractivity contribution in [3.05, 3.63) is 71.5 Å². The van der Waals surface area contributed by atoms with Gasteiger partial charge in [-0.15, -0.1) is 0 Å². The van der Waals surface area contributed by atoms with Gasteiger partial charge < -0.3 is 15.2 Å². The number of benzene rings is 2. The highest BCUT2D eigenvalue weighted by atomic mass is 16.5. The number of carbonyl (C=O) groups excluding carboxylic acids is 1. The van der Waals surface area contributed by atoms with E-state index >= 15 is 0 Å². The number of ether oxygens (including phenoxy) is 2. The molecule has 0 aromatic heterocycles. The summed E-state index contributed by atoms with van der Waals surface area (Å²) in [5.41, 5.74) is 8.28. The van der Waals surface area contributed by atoms with E-state index in [1.54, 1.807) is 18.2 Å². The zero-order valence-electron chi connectivity index (χ0n) is 21.8. The number of nitrogen functional groups attached to an aromatic ring is 1. The first kappa shape index (κ1) is 28.2. The Morgan fingerprint density at radius 2 is 1.46 bits per heavy atom. The van der Waals surface area contributed by atoms with E-state index in [1.165, 1.54) is 51.0 Å². The minimum atomic E-state index is -0.390. The Kier molecular flexibility index (Phi) is 13.4. The van der Waals surface area contributed by atoms with Gasteiger partial charge in [0.2, 0.25) is 0 Å². The molecule has 1 unspecified atom stereocenters. The van der Waals surface area contributed by atoms with Crippen molar-refractivity contribution in [1.82, 2.24) is 0 Å². The van der Waals surface area contributed by atoms with E-state index in [4.69, 9.17) is 15.2 Å². The average Bonchev–Trinajstić information content (AvgIpc) is 2.87. The second kappa shape index (κ2) is 16.6. The van der Waals surface area contributed by atoms with Crippen LogP contribution in [0.2, 0.25) is 0 Å². The predicted molar refractivity (Wildman–Crippen MR) is 148 cm³/mol. The molecule has 4 nitrogen and oxygen atoms in total. The number of rotatable bonds is 16. The van der Waals surface area contributed by atoms with E-state index in [0.29, 0.717) is 11.4 Å². The van der Waals surface area contributed by atoms with E-state index < -0.39 is 5.97 Å². The van der Waals surface area contributed by atoms with Gasteiger partial charge in [0.25, 0.3) is 0 Å². The van der Waals surface area contributed by atoms with Gasteiger partial charge in [0.05, 0.1) is 6.61 Å². The second-order valence-electron chi connectivity index (χ2n) is 9.17. The number of unbranched alkanes of at least 4 members (excludes halogenated alkanes) is 7. The molecule has 0 heterocycles. The third-order valence-electron chi connectivity index (χ3n) is 6.12.